The van der Waals surface area contributed by atoms with Gasteiger partial charge in [-0.2, -0.15) is 0 Å². The molecule has 2 amide bonds. The van der Waals surface area contributed by atoms with Gasteiger partial charge >= 0.3 is 0 Å². The lowest BCUT2D eigenvalue weighted by atomic mass is 9.98. The summed E-state index contributed by atoms with van der Waals surface area (Å²) in [6.07, 6.45) is 6.84. The summed E-state index contributed by atoms with van der Waals surface area (Å²) in [6.45, 7) is 7.17. The van der Waals surface area contributed by atoms with E-state index in [1.54, 1.807) is 23.2 Å². The van der Waals surface area contributed by atoms with Crippen molar-refractivity contribution in [1.82, 2.24) is 25.2 Å². The minimum Gasteiger partial charge on any atom is -0.445 e. The molecule has 0 fully saturated rings. The van der Waals surface area contributed by atoms with Gasteiger partial charge in [0.05, 0.1) is 18.8 Å². The first kappa shape index (κ1) is 34.3. The van der Waals surface area contributed by atoms with Crippen LogP contribution in [0.5, 0.6) is 0 Å². The van der Waals surface area contributed by atoms with Gasteiger partial charge in [0.25, 0.3) is 11.8 Å². The van der Waals surface area contributed by atoms with Gasteiger partial charge in [-0.25, -0.2) is 23.7 Å². The third-order valence-corrected chi connectivity index (χ3v) is 7.27. The molecule has 4 rings (SSSR count). The Morgan fingerprint density at radius 2 is 1.70 bits per heavy atom. The van der Waals surface area contributed by atoms with Gasteiger partial charge in [0.2, 0.25) is 5.89 Å². The van der Waals surface area contributed by atoms with Gasteiger partial charge in [-0.05, 0) is 67.6 Å². The number of halogens is 2. The van der Waals surface area contributed by atoms with E-state index in [2.05, 4.69) is 20.3 Å². The van der Waals surface area contributed by atoms with Gasteiger partial charge in [-0.1, -0.05) is 20.8 Å². The molecule has 0 saturated carbocycles. The third kappa shape index (κ3) is 9.48. The Morgan fingerprint density at radius 3 is 2.35 bits per heavy atom. The maximum Gasteiger partial charge on any atom is 0.253 e. The highest BCUT2D eigenvalue weighted by atomic mass is 19.1. The molecule has 1 unspecified atom stereocenters. The summed E-state index contributed by atoms with van der Waals surface area (Å²) in [4.78, 5) is 41.9. The summed E-state index contributed by atoms with van der Waals surface area (Å²) in [5, 5.41) is 2.91. The monoisotopic (exact) mass is 634 g/mol. The van der Waals surface area contributed by atoms with E-state index >= 15 is 0 Å². The van der Waals surface area contributed by atoms with E-state index in [9.17, 15) is 18.4 Å². The SMILES string of the molecule is CCCN(CCC)C(=O)c1cc(C(=O)N[C@@H](Cc2cc(F)cc(F)c2)C(N)COCc2nccc(CC)n2)cc(-c2ncco2)c1. The molecule has 2 atom stereocenters. The van der Waals surface area contributed by atoms with E-state index in [0.29, 0.717) is 35.6 Å². The standard InChI is InChI=1S/C34H40F2N6O4/c1-4-10-42(11-5-2)34(44)25-17-23(16-24(18-25)33-39-9-12-46-33)32(43)41-30(15-22-13-26(35)19-27(36)14-22)29(37)20-45-21-31-38-8-7-28(6-3)40-31/h7-9,12-14,16-19,29-30H,4-6,10-11,15,20-21,37H2,1-3H3,(H,41,43)/t29?,30-/m0/s1. The van der Waals surface area contributed by atoms with Crippen molar-refractivity contribution in [1.29, 1.82) is 0 Å². The molecule has 0 radical (unpaired) electrons. The second kappa shape index (κ2) is 16.7. The molecule has 2 heterocycles. The van der Waals surface area contributed by atoms with Crippen molar-refractivity contribution in [3.05, 3.63) is 101 Å². The van der Waals surface area contributed by atoms with Crippen LogP contribution in [-0.4, -0.2) is 63.4 Å². The first-order chi connectivity index (χ1) is 22.2. The Bertz CT molecular complexity index is 1570. The molecule has 2 aromatic heterocycles. The van der Waals surface area contributed by atoms with Crippen LogP contribution in [0.4, 0.5) is 8.78 Å². The van der Waals surface area contributed by atoms with Gasteiger partial charge in [0.15, 0.2) is 5.82 Å². The minimum absolute atomic E-state index is 0.00839. The highest BCUT2D eigenvalue weighted by molar-refractivity contribution is 6.01. The zero-order chi connectivity index (χ0) is 33.1. The quantitative estimate of drug-likeness (QED) is 0.173. The predicted octanol–water partition coefficient (Wildman–Crippen LogP) is 5.12. The Labute approximate surface area is 267 Å². The maximum atomic E-state index is 14.1. The lowest BCUT2D eigenvalue weighted by Crippen LogP contribution is -2.51. The third-order valence-electron chi connectivity index (χ3n) is 7.27. The number of hydrogen-bond donors (Lipinski definition) is 2. The fraction of sp³-hybridized carbons (Fsp3) is 0.382. The average Bonchev–Trinajstić information content (AvgIpc) is 3.59. The van der Waals surface area contributed by atoms with E-state index in [1.165, 1.54) is 30.7 Å². The number of ether oxygens (including phenoxy) is 1. The molecule has 0 aliphatic heterocycles. The number of nitrogens with two attached hydrogens (primary N) is 1. The Balaban J connectivity index is 1.60. The number of rotatable bonds is 16. The second-order valence-corrected chi connectivity index (χ2v) is 11.0. The molecule has 0 aliphatic rings. The molecule has 4 aromatic rings. The summed E-state index contributed by atoms with van der Waals surface area (Å²) in [7, 11) is 0. The summed E-state index contributed by atoms with van der Waals surface area (Å²) in [5.41, 5.74) is 8.61. The van der Waals surface area contributed by atoms with Gasteiger partial charge in [0, 0.05) is 53.8 Å². The number of oxazole rings is 1. The number of nitrogens with one attached hydrogen (secondary N) is 1. The Hall–Kier alpha value is -4.55. The van der Waals surface area contributed by atoms with Gasteiger partial charge < -0.3 is 25.1 Å². The largest absolute Gasteiger partial charge is 0.445 e. The fourth-order valence-corrected chi connectivity index (χ4v) is 5.06. The molecule has 0 bridgehead atoms. The summed E-state index contributed by atoms with van der Waals surface area (Å²) in [6, 6.07) is 8.11. The van der Waals surface area contributed by atoms with Crippen LogP contribution in [-0.2, 0) is 24.2 Å². The predicted molar refractivity (Wildman–Crippen MR) is 169 cm³/mol. The number of carbonyl (C=O) groups excluding carboxylic acids is 2. The molecule has 0 saturated heterocycles. The van der Waals surface area contributed by atoms with Crippen LogP contribution in [0.25, 0.3) is 11.5 Å². The van der Waals surface area contributed by atoms with E-state index in [0.717, 1.165) is 31.0 Å². The number of amides is 2. The van der Waals surface area contributed by atoms with Crippen molar-refractivity contribution in [3.8, 4) is 11.5 Å². The maximum absolute atomic E-state index is 14.1. The van der Waals surface area contributed by atoms with Crippen molar-refractivity contribution in [3.63, 3.8) is 0 Å². The molecule has 0 spiro atoms. The van der Waals surface area contributed by atoms with Gasteiger partial charge in [0.1, 0.15) is 24.5 Å². The zero-order valence-corrected chi connectivity index (χ0v) is 26.3. The molecule has 3 N–H and O–H groups in total. The summed E-state index contributed by atoms with van der Waals surface area (Å²) < 4.78 is 39.5. The van der Waals surface area contributed by atoms with Crippen molar-refractivity contribution in [2.24, 2.45) is 5.73 Å². The highest BCUT2D eigenvalue weighted by Gasteiger charge is 2.25. The molecule has 244 valence electrons. The van der Waals surface area contributed by atoms with Crippen molar-refractivity contribution < 1.29 is 27.5 Å². The first-order valence-corrected chi connectivity index (χ1v) is 15.4. The van der Waals surface area contributed by atoms with E-state index in [1.807, 2.05) is 26.8 Å². The summed E-state index contributed by atoms with van der Waals surface area (Å²) >= 11 is 0. The van der Waals surface area contributed by atoms with Crippen LogP contribution in [0, 0.1) is 11.6 Å². The lowest BCUT2D eigenvalue weighted by molar-refractivity contribution is 0.0755. The number of nitrogens with zero attached hydrogens (tertiary/aromatic N) is 4. The van der Waals surface area contributed by atoms with Crippen LogP contribution in [0.15, 0.2) is 65.5 Å². The smallest absolute Gasteiger partial charge is 0.253 e. The first-order valence-electron chi connectivity index (χ1n) is 15.4. The van der Waals surface area contributed by atoms with Crippen molar-refractivity contribution in [2.45, 2.75) is 65.1 Å². The average molecular weight is 635 g/mol. The number of benzene rings is 2. The molecular formula is C34H40F2N6O4. The van der Waals surface area contributed by atoms with E-state index in [-0.39, 0.29) is 37.0 Å². The van der Waals surface area contributed by atoms with E-state index < -0.39 is 29.6 Å². The molecule has 2 aromatic carbocycles. The number of hydrogen-bond acceptors (Lipinski definition) is 8. The lowest BCUT2D eigenvalue weighted by Gasteiger charge is -2.26. The minimum atomic E-state index is -0.808. The van der Waals surface area contributed by atoms with Crippen LogP contribution in [0.3, 0.4) is 0 Å². The molecular weight excluding hydrogens is 594 g/mol. The number of carbonyl (C=O) groups is 2. The van der Waals surface area contributed by atoms with Gasteiger partial charge in [-0.3, -0.25) is 9.59 Å². The van der Waals surface area contributed by atoms with Crippen LogP contribution in [0.1, 0.15) is 71.4 Å². The van der Waals surface area contributed by atoms with Gasteiger partial charge in [-0.15, -0.1) is 0 Å². The van der Waals surface area contributed by atoms with Crippen molar-refractivity contribution in [2.75, 3.05) is 19.7 Å². The number of aryl methyl sites for hydroxylation is 1. The Kier molecular flexibility index (Phi) is 12.4. The van der Waals surface area contributed by atoms with E-state index in [4.69, 9.17) is 14.9 Å². The van der Waals surface area contributed by atoms with Crippen LogP contribution >= 0.6 is 0 Å². The molecule has 12 heteroatoms. The molecule has 10 nitrogen and oxygen atoms in total. The van der Waals surface area contributed by atoms with Crippen molar-refractivity contribution >= 4 is 11.8 Å². The highest BCUT2D eigenvalue weighted by Crippen LogP contribution is 2.23. The fourth-order valence-electron chi connectivity index (χ4n) is 5.06. The molecule has 0 aliphatic carbocycles. The normalized spacial score (nSPS) is 12.5. The van der Waals surface area contributed by atoms with Crippen LogP contribution in [0.2, 0.25) is 0 Å². The summed E-state index contributed by atoms with van der Waals surface area (Å²) in [5.74, 6) is -1.53. The Morgan fingerprint density at radius 1 is 0.978 bits per heavy atom. The number of aromatic nitrogens is 3. The topological polar surface area (TPSA) is 136 Å². The molecule has 46 heavy (non-hydrogen) atoms. The second-order valence-electron chi connectivity index (χ2n) is 11.0. The zero-order valence-electron chi connectivity index (χ0n) is 26.3. The van der Waals surface area contributed by atoms with Crippen LogP contribution < -0.4 is 11.1 Å².